The summed E-state index contributed by atoms with van der Waals surface area (Å²) in [5, 5.41) is 2.07. The lowest BCUT2D eigenvalue weighted by Gasteiger charge is -2.38. The number of anilines is 1. The summed E-state index contributed by atoms with van der Waals surface area (Å²) >= 11 is 0. The molecule has 6 heteroatoms. The average Bonchev–Trinajstić information content (AvgIpc) is 3.04. The summed E-state index contributed by atoms with van der Waals surface area (Å²) in [5.74, 6) is 1.27. The monoisotopic (exact) mass is 372 g/mol. The van der Waals surface area contributed by atoms with Crippen molar-refractivity contribution < 1.29 is 0 Å². The van der Waals surface area contributed by atoms with Crippen molar-refractivity contribution in [1.82, 2.24) is 24.4 Å². The van der Waals surface area contributed by atoms with Gasteiger partial charge in [0.15, 0.2) is 0 Å². The molecule has 0 spiro atoms. The van der Waals surface area contributed by atoms with E-state index in [9.17, 15) is 0 Å². The highest BCUT2D eigenvalue weighted by atomic mass is 15.1. The molecule has 2 N–H and O–H groups in total. The summed E-state index contributed by atoms with van der Waals surface area (Å²) in [6, 6.07) is 10.9. The fraction of sp³-hybridized carbons (Fsp3) is 0.318. The number of nitrogens with two attached hydrogens (primary N) is 1. The first-order valence-corrected chi connectivity index (χ1v) is 9.71. The molecular formula is C22H24N6. The molecule has 0 aliphatic heterocycles. The fourth-order valence-corrected chi connectivity index (χ4v) is 4.43. The van der Waals surface area contributed by atoms with E-state index in [0.717, 1.165) is 45.5 Å². The molecule has 4 aromatic rings. The van der Waals surface area contributed by atoms with Gasteiger partial charge >= 0.3 is 0 Å². The van der Waals surface area contributed by atoms with Crippen molar-refractivity contribution in [2.75, 3.05) is 26.4 Å². The minimum absolute atomic E-state index is 0.467. The van der Waals surface area contributed by atoms with Crippen LogP contribution in [-0.4, -0.2) is 45.1 Å². The quantitative estimate of drug-likeness (QED) is 0.591. The largest absolute Gasteiger partial charge is 0.383 e. The maximum absolute atomic E-state index is 6.29. The summed E-state index contributed by atoms with van der Waals surface area (Å²) in [5.41, 5.74) is 10.4. The van der Waals surface area contributed by atoms with E-state index >= 15 is 0 Å². The number of rotatable bonds is 4. The van der Waals surface area contributed by atoms with Crippen molar-refractivity contribution in [1.29, 1.82) is 0 Å². The van der Waals surface area contributed by atoms with Gasteiger partial charge in [-0.25, -0.2) is 9.97 Å². The van der Waals surface area contributed by atoms with Crippen LogP contribution in [0.1, 0.15) is 18.9 Å². The second-order valence-corrected chi connectivity index (χ2v) is 8.07. The van der Waals surface area contributed by atoms with E-state index in [-0.39, 0.29) is 0 Å². The second-order valence-electron chi connectivity index (χ2n) is 8.07. The molecule has 1 aliphatic carbocycles. The maximum Gasteiger partial charge on any atom is 0.146 e. The predicted octanol–water partition coefficient (Wildman–Crippen LogP) is 3.74. The zero-order chi connectivity index (χ0) is 19.3. The molecule has 1 fully saturated rings. The molecule has 0 atom stereocenters. The minimum Gasteiger partial charge on any atom is -0.383 e. The number of pyridine rings is 1. The summed E-state index contributed by atoms with van der Waals surface area (Å²) in [7, 11) is 4.27. The van der Waals surface area contributed by atoms with Gasteiger partial charge in [-0.3, -0.25) is 4.98 Å². The molecule has 1 saturated carbocycles. The molecule has 0 saturated heterocycles. The van der Waals surface area contributed by atoms with Gasteiger partial charge in [-0.1, -0.05) is 18.2 Å². The van der Waals surface area contributed by atoms with Crippen LogP contribution in [0.25, 0.3) is 33.1 Å². The molecule has 0 bridgehead atoms. The number of hydrogen-bond donors (Lipinski definition) is 1. The van der Waals surface area contributed by atoms with Gasteiger partial charge in [-0.15, -0.1) is 0 Å². The van der Waals surface area contributed by atoms with Crippen molar-refractivity contribution >= 4 is 27.8 Å². The van der Waals surface area contributed by atoms with Gasteiger partial charge in [0.1, 0.15) is 17.8 Å². The first kappa shape index (κ1) is 17.1. The van der Waals surface area contributed by atoms with Crippen LogP contribution in [0.5, 0.6) is 0 Å². The van der Waals surface area contributed by atoms with E-state index in [1.165, 1.54) is 12.8 Å². The Morgan fingerprint density at radius 3 is 2.82 bits per heavy atom. The molecule has 142 valence electrons. The fourth-order valence-electron chi connectivity index (χ4n) is 4.43. The molecule has 1 aromatic carbocycles. The zero-order valence-electron chi connectivity index (χ0n) is 16.2. The smallest absolute Gasteiger partial charge is 0.146 e. The van der Waals surface area contributed by atoms with Crippen molar-refractivity contribution in [2.45, 2.75) is 18.9 Å². The van der Waals surface area contributed by atoms with Crippen molar-refractivity contribution in [3.05, 3.63) is 49.1 Å². The Hall–Kier alpha value is -2.99. The Morgan fingerprint density at radius 2 is 2.00 bits per heavy atom. The van der Waals surface area contributed by atoms with Crippen LogP contribution in [0.2, 0.25) is 0 Å². The standard InChI is InChI=1S/C22H24N6/c1-27(2)11-14-8-17(9-14)28-12-18(20-21(23)25-13-26-22(20)28)16-6-5-15-4-3-7-24-19(15)10-16/h3-7,10,12-14,17H,8-9,11H2,1-2H3,(H2,23,25,26). The molecule has 0 amide bonds. The van der Waals surface area contributed by atoms with Crippen LogP contribution in [0.4, 0.5) is 5.82 Å². The van der Waals surface area contributed by atoms with Crippen LogP contribution in [0.15, 0.2) is 49.1 Å². The Morgan fingerprint density at radius 1 is 1.14 bits per heavy atom. The van der Waals surface area contributed by atoms with Crippen molar-refractivity contribution in [3.63, 3.8) is 0 Å². The van der Waals surface area contributed by atoms with Gasteiger partial charge in [-0.2, -0.15) is 0 Å². The zero-order valence-corrected chi connectivity index (χ0v) is 16.2. The van der Waals surface area contributed by atoms with Gasteiger partial charge in [0.05, 0.1) is 10.9 Å². The lowest BCUT2D eigenvalue weighted by atomic mass is 9.80. The molecule has 3 aromatic heterocycles. The number of fused-ring (bicyclic) bond motifs is 2. The van der Waals surface area contributed by atoms with Gasteiger partial charge < -0.3 is 15.2 Å². The Labute approximate surface area is 164 Å². The molecule has 6 nitrogen and oxygen atoms in total. The van der Waals surface area contributed by atoms with Gasteiger partial charge in [-0.05, 0) is 50.6 Å². The summed E-state index contributed by atoms with van der Waals surface area (Å²) < 4.78 is 2.30. The third-order valence-corrected chi connectivity index (χ3v) is 5.78. The number of nitrogen functional groups attached to an aromatic ring is 1. The molecule has 28 heavy (non-hydrogen) atoms. The van der Waals surface area contributed by atoms with E-state index in [0.29, 0.717) is 11.9 Å². The third kappa shape index (κ3) is 2.81. The average molecular weight is 372 g/mol. The lowest BCUT2D eigenvalue weighted by molar-refractivity contribution is 0.159. The number of hydrogen-bond acceptors (Lipinski definition) is 5. The summed E-state index contributed by atoms with van der Waals surface area (Å²) in [6.45, 7) is 1.13. The van der Waals surface area contributed by atoms with E-state index in [1.54, 1.807) is 6.33 Å². The number of nitrogens with zero attached hydrogens (tertiary/aromatic N) is 5. The highest BCUT2D eigenvalue weighted by Gasteiger charge is 2.32. The number of aromatic nitrogens is 4. The van der Waals surface area contributed by atoms with Crippen LogP contribution in [-0.2, 0) is 0 Å². The van der Waals surface area contributed by atoms with Gasteiger partial charge in [0.25, 0.3) is 0 Å². The van der Waals surface area contributed by atoms with E-state index in [2.05, 4.69) is 69.0 Å². The topological polar surface area (TPSA) is 72.9 Å². The molecule has 0 unspecified atom stereocenters. The first-order chi connectivity index (χ1) is 13.6. The highest BCUT2D eigenvalue weighted by Crippen LogP contribution is 2.43. The van der Waals surface area contributed by atoms with E-state index in [4.69, 9.17) is 5.73 Å². The van der Waals surface area contributed by atoms with Crippen LogP contribution in [0, 0.1) is 5.92 Å². The molecular weight excluding hydrogens is 348 g/mol. The van der Waals surface area contributed by atoms with Crippen LogP contribution >= 0.6 is 0 Å². The summed E-state index contributed by atoms with van der Waals surface area (Å²) in [4.78, 5) is 15.6. The van der Waals surface area contributed by atoms with Crippen molar-refractivity contribution in [3.8, 4) is 11.1 Å². The van der Waals surface area contributed by atoms with E-state index < -0.39 is 0 Å². The first-order valence-electron chi connectivity index (χ1n) is 9.71. The molecule has 3 heterocycles. The van der Waals surface area contributed by atoms with Crippen molar-refractivity contribution in [2.24, 2.45) is 5.92 Å². The SMILES string of the molecule is CN(C)CC1CC(n2cc(-c3ccc4cccnc4c3)c3c(N)ncnc32)C1. The Bertz CT molecular complexity index is 1160. The van der Waals surface area contributed by atoms with Gasteiger partial charge in [0, 0.05) is 35.9 Å². The molecule has 5 rings (SSSR count). The minimum atomic E-state index is 0.467. The van der Waals surface area contributed by atoms with Crippen LogP contribution in [0.3, 0.4) is 0 Å². The number of benzene rings is 1. The Kier molecular flexibility index (Phi) is 4.02. The normalized spacial score (nSPS) is 19.4. The second kappa shape index (κ2) is 6.56. The van der Waals surface area contributed by atoms with Gasteiger partial charge in [0.2, 0.25) is 0 Å². The third-order valence-electron chi connectivity index (χ3n) is 5.78. The predicted molar refractivity (Wildman–Crippen MR) is 113 cm³/mol. The maximum atomic E-state index is 6.29. The molecule has 1 aliphatic rings. The van der Waals surface area contributed by atoms with Crippen LogP contribution < -0.4 is 5.73 Å². The highest BCUT2D eigenvalue weighted by molar-refractivity contribution is 6.02. The van der Waals surface area contributed by atoms with E-state index in [1.807, 2.05) is 12.3 Å². The molecule has 0 radical (unpaired) electrons. The lowest BCUT2D eigenvalue weighted by Crippen LogP contribution is -2.33. The summed E-state index contributed by atoms with van der Waals surface area (Å²) in [6.07, 6.45) is 7.94. The Balaban J connectivity index is 1.59.